The minimum absolute atomic E-state index is 0.0682. The fraction of sp³-hybridized carbons (Fsp3) is 0.818. The van der Waals surface area contributed by atoms with E-state index in [0.29, 0.717) is 11.8 Å². The van der Waals surface area contributed by atoms with Crippen LogP contribution in [0.1, 0.15) is 26.7 Å². The van der Waals surface area contributed by atoms with Crippen molar-refractivity contribution in [2.75, 3.05) is 13.2 Å². The van der Waals surface area contributed by atoms with Crippen molar-refractivity contribution in [2.24, 2.45) is 11.8 Å². The Morgan fingerprint density at radius 1 is 1.31 bits per heavy atom. The van der Waals surface area contributed by atoms with Gasteiger partial charge in [-0.15, -0.1) is 0 Å². The van der Waals surface area contributed by atoms with Gasteiger partial charge in [-0.2, -0.15) is 0 Å². The van der Waals surface area contributed by atoms with Crippen molar-refractivity contribution in [1.82, 2.24) is 0 Å². The van der Waals surface area contributed by atoms with Crippen molar-refractivity contribution in [3.05, 3.63) is 11.6 Å². The minimum Gasteiger partial charge on any atom is -0.350 e. The third-order valence-corrected chi connectivity index (χ3v) is 3.12. The maximum absolute atomic E-state index is 5.56. The van der Waals surface area contributed by atoms with Crippen LogP contribution in [0.3, 0.4) is 0 Å². The Kier molecular flexibility index (Phi) is 2.70. The summed E-state index contributed by atoms with van der Waals surface area (Å²) in [7, 11) is 0. The molecule has 0 aromatic carbocycles. The van der Waals surface area contributed by atoms with E-state index in [0.717, 1.165) is 19.6 Å². The lowest BCUT2D eigenvalue weighted by Gasteiger charge is -2.31. The molecule has 1 heterocycles. The maximum atomic E-state index is 5.56. The van der Waals surface area contributed by atoms with E-state index >= 15 is 0 Å². The first kappa shape index (κ1) is 9.22. The van der Waals surface area contributed by atoms with Crippen LogP contribution < -0.4 is 0 Å². The second-order valence-electron chi connectivity index (χ2n) is 4.24. The largest absolute Gasteiger partial charge is 0.350 e. The third-order valence-electron chi connectivity index (χ3n) is 3.12. The first-order valence-electron chi connectivity index (χ1n) is 5.16. The smallest absolute Gasteiger partial charge is 0.161 e. The molecule has 0 radical (unpaired) electrons. The van der Waals surface area contributed by atoms with Gasteiger partial charge in [0, 0.05) is 5.92 Å². The molecule has 0 aromatic rings. The average molecular weight is 182 g/mol. The Labute approximate surface area is 79.9 Å². The molecule has 1 fully saturated rings. The molecule has 0 bridgehead atoms. The van der Waals surface area contributed by atoms with Crippen molar-refractivity contribution in [2.45, 2.75) is 33.0 Å². The van der Waals surface area contributed by atoms with E-state index in [1.807, 2.05) is 0 Å². The monoisotopic (exact) mass is 182 g/mol. The highest BCUT2D eigenvalue weighted by atomic mass is 16.7. The molecule has 0 N–H and O–H groups in total. The predicted octanol–water partition coefficient (Wildman–Crippen LogP) is 2.35. The molecule has 2 heteroatoms. The zero-order valence-electron chi connectivity index (χ0n) is 8.45. The van der Waals surface area contributed by atoms with E-state index < -0.39 is 0 Å². The highest BCUT2D eigenvalue weighted by Crippen LogP contribution is 2.34. The molecule has 2 atom stereocenters. The standard InChI is InChI=1S/C11H18O2/c1-8-3-4-9(2)10(7-8)11-12-5-6-13-11/h3,9-11H,4-7H2,1-2H3. The van der Waals surface area contributed by atoms with Gasteiger partial charge in [-0.05, 0) is 25.7 Å². The molecule has 0 spiro atoms. The summed E-state index contributed by atoms with van der Waals surface area (Å²) in [6, 6.07) is 0. The fourth-order valence-corrected chi connectivity index (χ4v) is 2.21. The van der Waals surface area contributed by atoms with Crippen LogP contribution in [-0.4, -0.2) is 19.5 Å². The van der Waals surface area contributed by atoms with Gasteiger partial charge in [-0.25, -0.2) is 0 Å². The molecule has 13 heavy (non-hydrogen) atoms. The minimum atomic E-state index is 0.0682. The molecule has 2 aliphatic rings. The van der Waals surface area contributed by atoms with Gasteiger partial charge in [-0.1, -0.05) is 18.6 Å². The number of rotatable bonds is 1. The molecular formula is C11H18O2. The molecule has 0 saturated carbocycles. The lowest BCUT2D eigenvalue weighted by Crippen LogP contribution is -2.29. The van der Waals surface area contributed by atoms with Crippen molar-refractivity contribution >= 4 is 0 Å². The van der Waals surface area contributed by atoms with Crippen LogP contribution in [0.15, 0.2) is 11.6 Å². The Hall–Kier alpha value is -0.340. The van der Waals surface area contributed by atoms with Crippen LogP contribution in [-0.2, 0) is 9.47 Å². The van der Waals surface area contributed by atoms with Gasteiger partial charge in [0.25, 0.3) is 0 Å². The summed E-state index contributed by atoms with van der Waals surface area (Å²) in [6.45, 7) is 6.04. The number of hydrogen-bond acceptors (Lipinski definition) is 2. The van der Waals surface area contributed by atoms with Crippen LogP contribution in [0.5, 0.6) is 0 Å². The Balaban J connectivity index is 2.01. The Morgan fingerprint density at radius 3 is 2.69 bits per heavy atom. The van der Waals surface area contributed by atoms with E-state index in [2.05, 4.69) is 19.9 Å². The molecule has 2 unspecified atom stereocenters. The summed E-state index contributed by atoms with van der Waals surface area (Å²) in [6.07, 6.45) is 4.74. The Bertz CT molecular complexity index is 204. The highest BCUT2D eigenvalue weighted by Gasteiger charge is 2.32. The molecule has 1 saturated heterocycles. The molecule has 0 amide bonds. The van der Waals surface area contributed by atoms with Gasteiger partial charge >= 0.3 is 0 Å². The van der Waals surface area contributed by atoms with Gasteiger partial charge in [0.15, 0.2) is 6.29 Å². The normalized spacial score (nSPS) is 36.3. The number of allylic oxidation sites excluding steroid dienone is 2. The predicted molar refractivity (Wildman–Crippen MR) is 51.3 cm³/mol. The van der Waals surface area contributed by atoms with Crippen LogP contribution in [0.25, 0.3) is 0 Å². The Morgan fingerprint density at radius 2 is 2.00 bits per heavy atom. The number of ether oxygens (including phenoxy) is 2. The first-order chi connectivity index (χ1) is 6.27. The van der Waals surface area contributed by atoms with Gasteiger partial charge in [-0.3, -0.25) is 0 Å². The first-order valence-corrected chi connectivity index (χ1v) is 5.16. The van der Waals surface area contributed by atoms with E-state index in [9.17, 15) is 0 Å². The van der Waals surface area contributed by atoms with E-state index in [-0.39, 0.29) is 6.29 Å². The van der Waals surface area contributed by atoms with Gasteiger partial charge in [0.05, 0.1) is 13.2 Å². The molecule has 74 valence electrons. The average Bonchev–Trinajstić information content (AvgIpc) is 2.61. The fourth-order valence-electron chi connectivity index (χ4n) is 2.21. The van der Waals surface area contributed by atoms with Crippen LogP contribution in [0.2, 0.25) is 0 Å². The van der Waals surface area contributed by atoms with Crippen molar-refractivity contribution in [3.8, 4) is 0 Å². The molecule has 1 aliphatic heterocycles. The SMILES string of the molecule is CC1=CCC(C)C(C2OCCO2)C1. The third kappa shape index (κ3) is 1.94. The second kappa shape index (κ2) is 3.81. The second-order valence-corrected chi connectivity index (χ2v) is 4.24. The van der Waals surface area contributed by atoms with E-state index in [4.69, 9.17) is 9.47 Å². The van der Waals surface area contributed by atoms with Crippen LogP contribution in [0.4, 0.5) is 0 Å². The number of hydrogen-bond donors (Lipinski definition) is 0. The molecule has 1 aliphatic carbocycles. The van der Waals surface area contributed by atoms with E-state index in [1.165, 1.54) is 12.0 Å². The zero-order valence-corrected chi connectivity index (χ0v) is 8.45. The van der Waals surface area contributed by atoms with Gasteiger partial charge in [0.1, 0.15) is 0 Å². The zero-order chi connectivity index (χ0) is 9.26. The summed E-state index contributed by atoms with van der Waals surface area (Å²) < 4.78 is 11.1. The van der Waals surface area contributed by atoms with Crippen LogP contribution >= 0.6 is 0 Å². The molecule has 0 aromatic heterocycles. The topological polar surface area (TPSA) is 18.5 Å². The summed E-state index contributed by atoms with van der Waals surface area (Å²) in [4.78, 5) is 0. The van der Waals surface area contributed by atoms with Crippen molar-refractivity contribution in [3.63, 3.8) is 0 Å². The van der Waals surface area contributed by atoms with Crippen molar-refractivity contribution < 1.29 is 9.47 Å². The maximum Gasteiger partial charge on any atom is 0.161 e. The van der Waals surface area contributed by atoms with Crippen LogP contribution in [0, 0.1) is 11.8 Å². The highest BCUT2D eigenvalue weighted by molar-refractivity contribution is 5.05. The van der Waals surface area contributed by atoms with Gasteiger partial charge in [0.2, 0.25) is 0 Å². The van der Waals surface area contributed by atoms with Gasteiger partial charge < -0.3 is 9.47 Å². The molecule has 2 rings (SSSR count). The van der Waals surface area contributed by atoms with Crippen molar-refractivity contribution in [1.29, 1.82) is 0 Å². The summed E-state index contributed by atoms with van der Waals surface area (Å²) in [5.41, 5.74) is 1.49. The van der Waals surface area contributed by atoms with E-state index in [1.54, 1.807) is 0 Å². The summed E-state index contributed by atoms with van der Waals surface area (Å²) >= 11 is 0. The quantitative estimate of drug-likeness (QED) is 0.579. The molecule has 2 nitrogen and oxygen atoms in total. The lowest BCUT2D eigenvalue weighted by molar-refractivity contribution is -0.0985. The lowest BCUT2D eigenvalue weighted by atomic mass is 9.81. The molecular weight excluding hydrogens is 164 g/mol. The summed E-state index contributed by atoms with van der Waals surface area (Å²) in [5.74, 6) is 1.28. The summed E-state index contributed by atoms with van der Waals surface area (Å²) in [5, 5.41) is 0.